The third kappa shape index (κ3) is 5.35. The van der Waals surface area contributed by atoms with Crippen LogP contribution in [0.2, 0.25) is 0 Å². The summed E-state index contributed by atoms with van der Waals surface area (Å²) in [6, 6.07) is -0.0770. The molecule has 0 bridgehead atoms. The SMILES string of the molecule is CCCCn1c(N)c(N(C(=O)CN2CCCN(c3nccs3)CC2)C2CCCC2)c(=O)[nH]c1=O. The second-order valence-corrected chi connectivity index (χ2v) is 10.0. The first kappa shape index (κ1) is 24.5. The van der Waals surface area contributed by atoms with E-state index in [0.717, 1.165) is 76.3 Å². The van der Waals surface area contributed by atoms with Gasteiger partial charge in [-0.05, 0) is 25.7 Å². The first-order valence-electron chi connectivity index (χ1n) is 12.3. The van der Waals surface area contributed by atoms with Crippen LogP contribution in [0.1, 0.15) is 51.9 Å². The highest BCUT2D eigenvalue weighted by Gasteiger charge is 2.33. The molecule has 0 aromatic carbocycles. The first-order chi connectivity index (χ1) is 16.5. The van der Waals surface area contributed by atoms with Crippen LogP contribution < -0.4 is 26.8 Å². The van der Waals surface area contributed by atoms with Crippen LogP contribution in [0, 0.1) is 0 Å². The zero-order valence-electron chi connectivity index (χ0n) is 19.9. The van der Waals surface area contributed by atoms with E-state index in [0.29, 0.717) is 6.54 Å². The lowest BCUT2D eigenvalue weighted by Gasteiger charge is -2.32. The fourth-order valence-corrected chi connectivity index (χ4v) is 5.68. The maximum atomic E-state index is 13.7. The van der Waals surface area contributed by atoms with Crippen LogP contribution in [-0.4, -0.2) is 64.1 Å². The summed E-state index contributed by atoms with van der Waals surface area (Å²) in [4.78, 5) is 51.9. The Bertz CT molecular complexity index is 1080. The van der Waals surface area contributed by atoms with Crippen molar-refractivity contribution >= 4 is 33.9 Å². The number of aromatic amines is 1. The van der Waals surface area contributed by atoms with Gasteiger partial charge in [0.15, 0.2) is 10.8 Å². The summed E-state index contributed by atoms with van der Waals surface area (Å²) in [7, 11) is 0. The summed E-state index contributed by atoms with van der Waals surface area (Å²) in [6.07, 6.45) is 8.07. The van der Waals surface area contributed by atoms with E-state index in [9.17, 15) is 14.4 Å². The number of amides is 1. The zero-order valence-corrected chi connectivity index (χ0v) is 20.7. The number of thiazole rings is 1. The number of nitrogen functional groups attached to an aromatic ring is 1. The number of hydrogen-bond donors (Lipinski definition) is 2. The lowest BCUT2D eigenvalue weighted by molar-refractivity contribution is -0.120. The van der Waals surface area contributed by atoms with E-state index in [-0.39, 0.29) is 30.0 Å². The number of nitrogens with one attached hydrogen (secondary N) is 1. The van der Waals surface area contributed by atoms with Gasteiger partial charge in [0.05, 0.1) is 6.54 Å². The van der Waals surface area contributed by atoms with Crippen molar-refractivity contribution in [3.05, 3.63) is 32.4 Å². The Hall–Kier alpha value is -2.66. The van der Waals surface area contributed by atoms with Crippen LogP contribution in [0.15, 0.2) is 21.2 Å². The second kappa shape index (κ2) is 11.2. The van der Waals surface area contributed by atoms with Crippen molar-refractivity contribution in [2.75, 3.05) is 48.3 Å². The van der Waals surface area contributed by atoms with Crippen LogP contribution >= 0.6 is 11.3 Å². The van der Waals surface area contributed by atoms with E-state index >= 15 is 0 Å². The predicted octanol–water partition coefficient (Wildman–Crippen LogP) is 1.86. The summed E-state index contributed by atoms with van der Waals surface area (Å²) in [5.74, 6) is -0.0410. The van der Waals surface area contributed by atoms with Gasteiger partial charge in [0.2, 0.25) is 5.91 Å². The predicted molar refractivity (Wildman–Crippen MR) is 136 cm³/mol. The van der Waals surface area contributed by atoms with Crippen molar-refractivity contribution in [3.63, 3.8) is 0 Å². The minimum absolute atomic E-state index is 0.0770. The largest absolute Gasteiger partial charge is 0.383 e. The molecular formula is C23H35N7O3S. The zero-order chi connectivity index (χ0) is 24.1. The quantitative estimate of drug-likeness (QED) is 0.581. The number of rotatable bonds is 8. The van der Waals surface area contributed by atoms with Gasteiger partial charge in [-0.2, -0.15) is 0 Å². The van der Waals surface area contributed by atoms with Crippen molar-refractivity contribution in [1.29, 1.82) is 0 Å². The van der Waals surface area contributed by atoms with Crippen molar-refractivity contribution in [1.82, 2.24) is 19.4 Å². The van der Waals surface area contributed by atoms with Crippen molar-refractivity contribution < 1.29 is 4.79 Å². The van der Waals surface area contributed by atoms with Gasteiger partial charge in [0.1, 0.15) is 5.82 Å². The Morgan fingerprint density at radius 2 is 2.00 bits per heavy atom. The van der Waals surface area contributed by atoms with Gasteiger partial charge < -0.3 is 15.5 Å². The topological polar surface area (TPSA) is 121 Å². The minimum atomic E-state index is -0.582. The monoisotopic (exact) mass is 489 g/mol. The highest BCUT2D eigenvalue weighted by atomic mass is 32.1. The molecule has 10 nitrogen and oxygen atoms in total. The standard InChI is InChI=1S/C23H35N7O3S/c1-2-3-12-29-20(24)19(21(32)26-22(29)33)30(17-7-4-5-8-17)18(31)16-27-10-6-11-28(14-13-27)23-25-9-15-34-23/h9,15,17H,2-8,10-14,16,24H2,1H3,(H,26,32,33). The van der Waals surface area contributed by atoms with Gasteiger partial charge in [-0.15, -0.1) is 11.3 Å². The maximum Gasteiger partial charge on any atom is 0.330 e. The van der Waals surface area contributed by atoms with Crippen molar-refractivity contribution in [2.45, 2.75) is 64.5 Å². The number of carbonyl (C=O) groups is 1. The number of carbonyl (C=O) groups excluding carboxylic acids is 1. The van der Waals surface area contributed by atoms with Gasteiger partial charge in [-0.3, -0.25) is 24.0 Å². The van der Waals surface area contributed by atoms with Crippen molar-refractivity contribution in [2.24, 2.45) is 0 Å². The van der Waals surface area contributed by atoms with Gasteiger partial charge in [-0.1, -0.05) is 26.2 Å². The summed E-state index contributed by atoms with van der Waals surface area (Å²) in [5.41, 5.74) is 5.41. The first-order valence-corrected chi connectivity index (χ1v) is 13.2. The molecule has 186 valence electrons. The molecule has 4 rings (SSSR count). The molecule has 0 unspecified atom stereocenters. The molecular weight excluding hydrogens is 454 g/mol. The number of nitrogens with two attached hydrogens (primary N) is 1. The molecule has 1 aliphatic heterocycles. The Kier molecular flexibility index (Phi) is 8.04. The summed E-state index contributed by atoms with van der Waals surface area (Å²) < 4.78 is 1.40. The molecule has 11 heteroatoms. The average Bonchev–Trinajstić information content (AvgIpc) is 3.49. The molecule has 2 aromatic rings. The van der Waals surface area contributed by atoms with Crippen LogP contribution in [0.3, 0.4) is 0 Å². The molecule has 1 aliphatic carbocycles. The molecule has 3 heterocycles. The van der Waals surface area contributed by atoms with E-state index in [4.69, 9.17) is 5.73 Å². The number of H-pyrrole nitrogens is 1. The van der Waals surface area contributed by atoms with E-state index in [2.05, 4.69) is 19.8 Å². The van der Waals surface area contributed by atoms with E-state index in [1.165, 1.54) is 4.57 Å². The Balaban J connectivity index is 1.57. The molecule has 0 spiro atoms. The second-order valence-electron chi connectivity index (χ2n) is 9.13. The smallest absolute Gasteiger partial charge is 0.330 e. The van der Waals surface area contributed by atoms with Crippen molar-refractivity contribution in [3.8, 4) is 0 Å². The van der Waals surface area contributed by atoms with Gasteiger partial charge in [0.25, 0.3) is 5.56 Å². The van der Waals surface area contributed by atoms with Crippen LogP contribution in [0.5, 0.6) is 0 Å². The van der Waals surface area contributed by atoms with Gasteiger partial charge in [0, 0.05) is 50.3 Å². The number of unbranched alkanes of at least 4 members (excludes halogenated alkanes) is 1. The van der Waals surface area contributed by atoms with Gasteiger partial charge >= 0.3 is 5.69 Å². The van der Waals surface area contributed by atoms with Crippen LogP contribution in [-0.2, 0) is 11.3 Å². The number of aromatic nitrogens is 3. The highest BCUT2D eigenvalue weighted by molar-refractivity contribution is 7.13. The Morgan fingerprint density at radius 1 is 1.21 bits per heavy atom. The third-order valence-corrected chi connectivity index (χ3v) is 7.62. The molecule has 3 N–H and O–H groups in total. The fourth-order valence-electron chi connectivity index (χ4n) is 4.98. The lowest BCUT2D eigenvalue weighted by atomic mass is 10.1. The minimum Gasteiger partial charge on any atom is -0.383 e. The van der Waals surface area contributed by atoms with E-state index < -0.39 is 11.2 Å². The normalized spacial score (nSPS) is 17.7. The Labute approximate surface area is 203 Å². The number of hydrogen-bond acceptors (Lipinski definition) is 8. The third-order valence-electron chi connectivity index (χ3n) is 6.79. The maximum absolute atomic E-state index is 13.7. The molecule has 1 saturated heterocycles. The lowest BCUT2D eigenvalue weighted by Crippen LogP contribution is -2.49. The molecule has 34 heavy (non-hydrogen) atoms. The summed E-state index contributed by atoms with van der Waals surface area (Å²) in [5, 5.41) is 2.98. The fraction of sp³-hybridized carbons (Fsp3) is 0.652. The molecule has 1 amide bonds. The van der Waals surface area contributed by atoms with E-state index in [1.54, 1.807) is 16.2 Å². The summed E-state index contributed by atoms with van der Waals surface area (Å²) >= 11 is 1.63. The average molecular weight is 490 g/mol. The molecule has 2 fully saturated rings. The Morgan fingerprint density at radius 3 is 2.71 bits per heavy atom. The van der Waals surface area contributed by atoms with E-state index in [1.807, 2.05) is 18.5 Å². The molecule has 2 aliphatic rings. The van der Waals surface area contributed by atoms with Gasteiger partial charge in [-0.25, -0.2) is 9.78 Å². The highest BCUT2D eigenvalue weighted by Crippen LogP contribution is 2.29. The molecule has 0 atom stereocenters. The summed E-state index contributed by atoms with van der Waals surface area (Å²) in [6.45, 7) is 5.90. The van der Waals surface area contributed by atoms with Crippen LogP contribution in [0.25, 0.3) is 0 Å². The number of anilines is 3. The molecule has 0 radical (unpaired) electrons. The van der Waals surface area contributed by atoms with Crippen LogP contribution in [0.4, 0.5) is 16.6 Å². The molecule has 2 aromatic heterocycles. The molecule has 1 saturated carbocycles. The number of nitrogens with zero attached hydrogens (tertiary/aromatic N) is 5.